The first-order valence-electron chi connectivity index (χ1n) is 10.6. The van der Waals surface area contributed by atoms with Crippen LogP contribution in [0.2, 0.25) is 0 Å². The molecular formula is C26H29N3O2. The topological polar surface area (TPSA) is 44.8 Å². The molecule has 1 atom stereocenters. The molecule has 1 aliphatic heterocycles. The summed E-state index contributed by atoms with van der Waals surface area (Å²) < 4.78 is 5.36. The van der Waals surface area contributed by atoms with Crippen molar-refractivity contribution in [3.05, 3.63) is 89.5 Å². The second-order valence-corrected chi connectivity index (χ2v) is 7.98. The first kappa shape index (κ1) is 20.8. The molecule has 0 bridgehead atoms. The highest BCUT2D eigenvalue weighted by Gasteiger charge is 2.28. The van der Waals surface area contributed by atoms with Crippen molar-refractivity contribution in [1.29, 1.82) is 0 Å². The van der Waals surface area contributed by atoms with Gasteiger partial charge in [0.1, 0.15) is 5.75 Å². The monoisotopic (exact) mass is 415 g/mol. The van der Waals surface area contributed by atoms with Crippen LogP contribution in [0.4, 0.5) is 11.4 Å². The average Bonchev–Trinajstić information content (AvgIpc) is 3.23. The van der Waals surface area contributed by atoms with Gasteiger partial charge >= 0.3 is 0 Å². The van der Waals surface area contributed by atoms with Crippen molar-refractivity contribution < 1.29 is 9.53 Å². The van der Waals surface area contributed by atoms with Gasteiger partial charge in [0.25, 0.3) is 5.91 Å². The van der Waals surface area contributed by atoms with Gasteiger partial charge in [0.15, 0.2) is 0 Å². The van der Waals surface area contributed by atoms with Gasteiger partial charge in [-0.1, -0.05) is 42.5 Å². The van der Waals surface area contributed by atoms with E-state index in [2.05, 4.69) is 63.6 Å². The summed E-state index contributed by atoms with van der Waals surface area (Å²) in [5.41, 5.74) is 5.49. The number of para-hydroxylation sites is 2. The molecule has 1 heterocycles. The Morgan fingerprint density at radius 3 is 2.48 bits per heavy atom. The van der Waals surface area contributed by atoms with Crippen molar-refractivity contribution >= 4 is 17.3 Å². The highest BCUT2D eigenvalue weighted by Crippen LogP contribution is 2.35. The van der Waals surface area contributed by atoms with Crippen LogP contribution in [0.25, 0.3) is 0 Å². The zero-order valence-corrected chi connectivity index (χ0v) is 18.3. The van der Waals surface area contributed by atoms with Crippen LogP contribution in [-0.4, -0.2) is 40.2 Å². The number of fused-ring (bicyclic) bond motifs is 1. The van der Waals surface area contributed by atoms with Crippen LogP contribution in [-0.2, 0) is 6.42 Å². The summed E-state index contributed by atoms with van der Waals surface area (Å²) in [6.45, 7) is 1.44. The number of rotatable bonds is 7. The summed E-state index contributed by atoms with van der Waals surface area (Å²) >= 11 is 0. The average molecular weight is 416 g/mol. The summed E-state index contributed by atoms with van der Waals surface area (Å²) in [6.07, 6.45) is 1.02. The first-order chi connectivity index (χ1) is 15.1. The quantitative estimate of drug-likeness (QED) is 0.625. The van der Waals surface area contributed by atoms with E-state index in [0.717, 1.165) is 18.7 Å². The van der Waals surface area contributed by atoms with E-state index in [1.54, 1.807) is 13.2 Å². The van der Waals surface area contributed by atoms with E-state index in [-0.39, 0.29) is 11.9 Å². The number of benzene rings is 3. The molecular weight excluding hydrogens is 386 g/mol. The Hall–Kier alpha value is -3.47. The number of nitrogens with one attached hydrogen (secondary N) is 1. The number of carbonyl (C=O) groups excluding carboxylic acids is 1. The van der Waals surface area contributed by atoms with Gasteiger partial charge in [0, 0.05) is 38.6 Å². The van der Waals surface area contributed by atoms with Gasteiger partial charge in [-0.3, -0.25) is 4.79 Å². The van der Waals surface area contributed by atoms with Crippen LogP contribution in [0.15, 0.2) is 72.8 Å². The van der Waals surface area contributed by atoms with Crippen molar-refractivity contribution in [2.45, 2.75) is 12.5 Å². The van der Waals surface area contributed by atoms with E-state index >= 15 is 0 Å². The standard InChI is InChI=1S/C26H29N3O2/c1-28(2)21-14-12-20(13-15-21)24(29-17-16-19-8-4-6-10-23(19)29)18-27-26(30)22-9-5-7-11-25(22)31-3/h4-15,24H,16-18H2,1-3H3,(H,27,30)/t24-/m1/s1. The number of carbonyl (C=O) groups is 1. The minimum atomic E-state index is -0.125. The Balaban J connectivity index is 1.61. The minimum absolute atomic E-state index is 0.0403. The lowest BCUT2D eigenvalue weighted by molar-refractivity contribution is 0.0948. The highest BCUT2D eigenvalue weighted by atomic mass is 16.5. The van der Waals surface area contributed by atoms with Crippen molar-refractivity contribution in [2.75, 3.05) is 44.1 Å². The molecule has 4 rings (SSSR count). The predicted molar refractivity (Wildman–Crippen MR) is 126 cm³/mol. The maximum atomic E-state index is 12.9. The Bertz CT molecular complexity index is 1050. The normalized spacial score (nSPS) is 13.5. The van der Waals surface area contributed by atoms with E-state index < -0.39 is 0 Å². The number of nitrogens with zero attached hydrogens (tertiary/aromatic N) is 2. The molecule has 0 aliphatic carbocycles. The Morgan fingerprint density at radius 1 is 1.03 bits per heavy atom. The molecule has 1 N–H and O–H groups in total. The van der Waals surface area contributed by atoms with Crippen molar-refractivity contribution in [3.8, 4) is 5.75 Å². The van der Waals surface area contributed by atoms with E-state index in [1.165, 1.54) is 16.8 Å². The fourth-order valence-corrected chi connectivity index (χ4v) is 4.21. The molecule has 160 valence electrons. The van der Waals surface area contributed by atoms with Gasteiger partial charge in [-0.2, -0.15) is 0 Å². The van der Waals surface area contributed by atoms with E-state index in [4.69, 9.17) is 4.74 Å². The van der Waals surface area contributed by atoms with Gasteiger partial charge in [-0.05, 0) is 47.9 Å². The van der Waals surface area contributed by atoms with Crippen LogP contribution >= 0.6 is 0 Å². The van der Waals surface area contributed by atoms with Crippen LogP contribution in [0.1, 0.15) is 27.5 Å². The minimum Gasteiger partial charge on any atom is -0.496 e. The molecule has 3 aromatic carbocycles. The third-order valence-corrected chi connectivity index (χ3v) is 5.90. The molecule has 0 saturated heterocycles. The van der Waals surface area contributed by atoms with Crippen molar-refractivity contribution in [3.63, 3.8) is 0 Å². The molecule has 3 aromatic rings. The third-order valence-electron chi connectivity index (χ3n) is 5.90. The van der Waals surface area contributed by atoms with Crippen LogP contribution in [0, 0.1) is 0 Å². The summed E-state index contributed by atoms with van der Waals surface area (Å²) in [6, 6.07) is 24.5. The number of anilines is 2. The SMILES string of the molecule is COc1ccccc1C(=O)NC[C@H](c1ccc(N(C)C)cc1)N1CCc2ccccc21. The van der Waals surface area contributed by atoms with Gasteiger partial charge < -0.3 is 19.9 Å². The third kappa shape index (κ3) is 4.36. The number of hydrogen-bond donors (Lipinski definition) is 1. The van der Waals surface area contributed by atoms with Crippen LogP contribution in [0.5, 0.6) is 5.75 Å². The molecule has 5 heteroatoms. The fourth-order valence-electron chi connectivity index (χ4n) is 4.21. The number of methoxy groups -OCH3 is 1. The molecule has 0 radical (unpaired) electrons. The van der Waals surface area contributed by atoms with Crippen LogP contribution < -0.4 is 19.9 Å². The molecule has 5 nitrogen and oxygen atoms in total. The fraction of sp³-hybridized carbons (Fsp3) is 0.269. The highest BCUT2D eigenvalue weighted by molar-refractivity contribution is 5.97. The van der Waals surface area contributed by atoms with Gasteiger partial charge in [0.05, 0.1) is 18.7 Å². The zero-order chi connectivity index (χ0) is 21.8. The van der Waals surface area contributed by atoms with Crippen molar-refractivity contribution in [2.24, 2.45) is 0 Å². The molecule has 0 aromatic heterocycles. The Kier molecular flexibility index (Phi) is 6.12. The molecule has 31 heavy (non-hydrogen) atoms. The maximum Gasteiger partial charge on any atom is 0.255 e. The zero-order valence-electron chi connectivity index (χ0n) is 18.3. The lowest BCUT2D eigenvalue weighted by Gasteiger charge is -2.31. The molecule has 1 aliphatic rings. The van der Waals surface area contributed by atoms with Gasteiger partial charge in [-0.15, -0.1) is 0 Å². The summed E-state index contributed by atoms with van der Waals surface area (Å²) in [5, 5.41) is 3.15. The predicted octanol–water partition coefficient (Wildman–Crippen LogP) is 4.30. The summed E-state index contributed by atoms with van der Waals surface area (Å²) in [4.78, 5) is 17.4. The Morgan fingerprint density at radius 2 is 1.74 bits per heavy atom. The molecule has 0 saturated carbocycles. The lowest BCUT2D eigenvalue weighted by atomic mass is 10.0. The molecule has 0 fully saturated rings. The summed E-state index contributed by atoms with van der Waals surface area (Å²) in [7, 11) is 5.66. The Labute approximate surface area is 184 Å². The second kappa shape index (κ2) is 9.13. The second-order valence-electron chi connectivity index (χ2n) is 7.98. The number of amides is 1. The van der Waals surface area contributed by atoms with Crippen LogP contribution in [0.3, 0.4) is 0 Å². The molecule has 0 spiro atoms. The van der Waals surface area contributed by atoms with E-state index in [9.17, 15) is 4.79 Å². The molecule has 1 amide bonds. The largest absolute Gasteiger partial charge is 0.496 e. The maximum absolute atomic E-state index is 12.9. The van der Waals surface area contributed by atoms with Gasteiger partial charge in [0.2, 0.25) is 0 Å². The number of ether oxygens (including phenoxy) is 1. The first-order valence-corrected chi connectivity index (χ1v) is 10.6. The van der Waals surface area contributed by atoms with E-state index in [0.29, 0.717) is 17.9 Å². The number of hydrogen-bond acceptors (Lipinski definition) is 4. The lowest BCUT2D eigenvalue weighted by Crippen LogP contribution is -2.37. The summed E-state index contributed by atoms with van der Waals surface area (Å²) in [5.74, 6) is 0.457. The smallest absolute Gasteiger partial charge is 0.255 e. The van der Waals surface area contributed by atoms with Gasteiger partial charge in [-0.25, -0.2) is 0 Å². The molecule has 0 unspecified atom stereocenters. The van der Waals surface area contributed by atoms with E-state index in [1.807, 2.05) is 32.3 Å². The van der Waals surface area contributed by atoms with Crippen molar-refractivity contribution in [1.82, 2.24) is 5.32 Å².